The van der Waals surface area contributed by atoms with E-state index in [2.05, 4.69) is 10.1 Å². The highest BCUT2D eigenvalue weighted by Crippen LogP contribution is 2.40. The first kappa shape index (κ1) is 18.4. The van der Waals surface area contributed by atoms with Gasteiger partial charge in [0.1, 0.15) is 6.04 Å². The Labute approximate surface area is 142 Å². The van der Waals surface area contributed by atoms with Crippen molar-refractivity contribution in [2.24, 2.45) is 0 Å². The SMILES string of the molecule is COC(=O)CSc1ccc(C(NC(C)=O)C(Cl)(Cl)Cl)cc1. The molecule has 1 aromatic rings. The molecule has 0 bridgehead atoms. The summed E-state index contributed by atoms with van der Waals surface area (Å²) in [5.41, 5.74) is 0.660. The van der Waals surface area contributed by atoms with Gasteiger partial charge in [-0.25, -0.2) is 0 Å². The maximum atomic E-state index is 11.2. The normalized spacial score (nSPS) is 12.6. The Kier molecular flexibility index (Phi) is 7.13. The number of hydrogen-bond acceptors (Lipinski definition) is 4. The third-order valence-corrected chi connectivity index (χ3v) is 4.11. The molecule has 0 fully saturated rings. The van der Waals surface area contributed by atoms with Crippen LogP contribution in [0.4, 0.5) is 0 Å². The number of thioether (sulfide) groups is 1. The molecule has 1 atom stereocenters. The van der Waals surface area contributed by atoms with Gasteiger partial charge in [0.05, 0.1) is 12.9 Å². The lowest BCUT2D eigenvalue weighted by atomic mass is 10.1. The van der Waals surface area contributed by atoms with Crippen LogP contribution in [0.25, 0.3) is 0 Å². The zero-order chi connectivity index (χ0) is 16.0. The van der Waals surface area contributed by atoms with E-state index in [0.717, 1.165) is 4.90 Å². The van der Waals surface area contributed by atoms with Crippen molar-refractivity contribution >= 4 is 58.4 Å². The van der Waals surface area contributed by atoms with E-state index in [1.165, 1.54) is 25.8 Å². The number of amides is 1. The number of esters is 1. The highest BCUT2D eigenvalue weighted by molar-refractivity contribution is 8.00. The Morgan fingerprint density at radius 2 is 1.86 bits per heavy atom. The summed E-state index contributed by atoms with van der Waals surface area (Å²) in [5.74, 6) is -0.382. The Morgan fingerprint density at radius 1 is 1.29 bits per heavy atom. The molecule has 8 heteroatoms. The predicted molar refractivity (Wildman–Crippen MR) is 86.0 cm³/mol. The van der Waals surface area contributed by atoms with Crippen LogP contribution in [-0.4, -0.2) is 28.5 Å². The fourth-order valence-corrected chi connectivity index (χ4v) is 2.79. The molecule has 0 aliphatic heterocycles. The molecule has 0 heterocycles. The molecule has 0 aliphatic rings. The molecule has 0 aromatic heterocycles. The minimum absolute atomic E-state index is 0.218. The number of hydrogen-bond donors (Lipinski definition) is 1. The summed E-state index contributed by atoms with van der Waals surface area (Å²) in [6.45, 7) is 1.35. The summed E-state index contributed by atoms with van der Waals surface area (Å²) in [6, 6.07) is 6.30. The van der Waals surface area contributed by atoms with Gasteiger partial charge in [-0.3, -0.25) is 9.59 Å². The van der Waals surface area contributed by atoms with E-state index in [0.29, 0.717) is 5.56 Å². The van der Waals surface area contributed by atoms with Crippen LogP contribution in [0.5, 0.6) is 0 Å². The van der Waals surface area contributed by atoms with E-state index in [4.69, 9.17) is 34.8 Å². The van der Waals surface area contributed by atoms with Crippen LogP contribution < -0.4 is 5.32 Å². The van der Waals surface area contributed by atoms with Crippen LogP contribution >= 0.6 is 46.6 Å². The number of carbonyl (C=O) groups is 2. The van der Waals surface area contributed by atoms with Gasteiger partial charge in [-0.05, 0) is 17.7 Å². The largest absolute Gasteiger partial charge is 0.468 e. The summed E-state index contributed by atoms with van der Waals surface area (Å²) in [4.78, 5) is 23.1. The standard InChI is InChI=1S/C13H14Cl3NO3S/c1-8(18)17-12(13(14,15)16)9-3-5-10(6-4-9)21-7-11(19)20-2/h3-6,12H,7H2,1-2H3,(H,17,18). The lowest BCUT2D eigenvalue weighted by Crippen LogP contribution is -2.35. The average molecular weight is 371 g/mol. The van der Waals surface area contributed by atoms with Gasteiger partial charge in [0.25, 0.3) is 0 Å². The zero-order valence-electron chi connectivity index (χ0n) is 11.4. The van der Waals surface area contributed by atoms with Crippen molar-refractivity contribution in [1.82, 2.24) is 5.32 Å². The molecule has 0 spiro atoms. The molecule has 0 saturated carbocycles. The van der Waals surface area contributed by atoms with Crippen molar-refractivity contribution in [2.45, 2.75) is 21.7 Å². The Morgan fingerprint density at radius 3 is 2.29 bits per heavy atom. The van der Waals surface area contributed by atoms with Gasteiger partial charge < -0.3 is 10.1 Å². The lowest BCUT2D eigenvalue weighted by molar-refractivity contribution is -0.137. The second-order valence-electron chi connectivity index (χ2n) is 4.11. The third kappa shape index (κ3) is 6.34. The quantitative estimate of drug-likeness (QED) is 0.489. The number of ether oxygens (including phenoxy) is 1. The second-order valence-corrected chi connectivity index (χ2v) is 7.53. The van der Waals surface area contributed by atoms with Gasteiger partial charge in [0.2, 0.25) is 9.70 Å². The second kappa shape index (κ2) is 8.13. The minimum atomic E-state index is -1.66. The maximum Gasteiger partial charge on any atom is 0.315 e. The molecule has 1 rings (SSSR count). The van der Waals surface area contributed by atoms with Crippen LogP contribution in [0.2, 0.25) is 0 Å². The highest BCUT2D eigenvalue weighted by Gasteiger charge is 2.34. The maximum absolute atomic E-state index is 11.2. The van der Waals surface area contributed by atoms with Gasteiger partial charge in [-0.2, -0.15) is 0 Å². The molecular weight excluding hydrogens is 357 g/mol. The van der Waals surface area contributed by atoms with Crippen molar-refractivity contribution in [3.63, 3.8) is 0 Å². The molecule has 1 unspecified atom stereocenters. The fourth-order valence-electron chi connectivity index (χ4n) is 1.52. The lowest BCUT2D eigenvalue weighted by Gasteiger charge is -2.25. The van der Waals surface area contributed by atoms with Gasteiger partial charge in [-0.1, -0.05) is 46.9 Å². The average Bonchev–Trinajstić information content (AvgIpc) is 2.41. The fraction of sp³-hybridized carbons (Fsp3) is 0.385. The molecule has 0 radical (unpaired) electrons. The van der Waals surface area contributed by atoms with Crippen molar-refractivity contribution in [2.75, 3.05) is 12.9 Å². The summed E-state index contributed by atoms with van der Waals surface area (Å²) < 4.78 is 2.90. The number of alkyl halides is 3. The number of rotatable bonds is 5. The van der Waals surface area contributed by atoms with Crippen molar-refractivity contribution in [3.8, 4) is 0 Å². The molecule has 116 valence electrons. The number of methoxy groups -OCH3 is 1. The summed E-state index contributed by atoms with van der Waals surface area (Å²) in [6.07, 6.45) is 0. The molecule has 1 amide bonds. The molecule has 0 aliphatic carbocycles. The van der Waals surface area contributed by atoms with E-state index in [9.17, 15) is 9.59 Å². The van der Waals surface area contributed by atoms with Gasteiger partial charge >= 0.3 is 5.97 Å². The van der Waals surface area contributed by atoms with E-state index in [-0.39, 0.29) is 17.6 Å². The van der Waals surface area contributed by atoms with Crippen LogP contribution in [0.15, 0.2) is 29.2 Å². The van der Waals surface area contributed by atoms with Gasteiger partial charge in [-0.15, -0.1) is 11.8 Å². The topological polar surface area (TPSA) is 55.4 Å². The van der Waals surface area contributed by atoms with Gasteiger partial charge in [0.15, 0.2) is 0 Å². The monoisotopic (exact) mass is 369 g/mol. The minimum Gasteiger partial charge on any atom is -0.468 e. The summed E-state index contributed by atoms with van der Waals surface area (Å²) >= 11 is 19.0. The highest BCUT2D eigenvalue weighted by atomic mass is 35.6. The molecule has 1 aromatic carbocycles. The molecule has 0 saturated heterocycles. The molecule has 4 nitrogen and oxygen atoms in total. The first-order valence-electron chi connectivity index (χ1n) is 5.87. The number of carbonyl (C=O) groups excluding carboxylic acids is 2. The van der Waals surface area contributed by atoms with Crippen LogP contribution in [0, 0.1) is 0 Å². The number of nitrogens with one attached hydrogen (secondary N) is 1. The van der Waals surface area contributed by atoms with Crippen LogP contribution in [0.3, 0.4) is 0 Å². The van der Waals surface area contributed by atoms with E-state index < -0.39 is 9.83 Å². The van der Waals surface area contributed by atoms with E-state index in [1.807, 2.05) is 0 Å². The molecule has 1 N–H and O–H groups in total. The van der Waals surface area contributed by atoms with Crippen LogP contribution in [-0.2, 0) is 14.3 Å². The molecule has 21 heavy (non-hydrogen) atoms. The number of halogens is 3. The summed E-state index contributed by atoms with van der Waals surface area (Å²) in [5, 5.41) is 2.60. The van der Waals surface area contributed by atoms with Crippen LogP contribution in [0.1, 0.15) is 18.5 Å². The van der Waals surface area contributed by atoms with Crippen molar-refractivity contribution in [1.29, 1.82) is 0 Å². The third-order valence-electron chi connectivity index (χ3n) is 2.47. The first-order chi connectivity index (χ1) is 9.74. The Bertz CT molecular complexity index is 502. The molecular formula is C13H14Cl3NO3S. The van der Waals surface area contributed by atoms with Crippen molar-refractivity contribution < 1.29 is 14.3 Å². The van der Waals surface area contributed by atoms with E-state index >= 15 is 0 Å². The van der Waals surface area contributed by atoms with Gasteiger partial charge in [0, 0.05) is 11.8 Å². The number of benzene rings is 1. The smallest absolute Gasteiger partial charge is 0.315 e. The predicted octanol–water partition coefficient (Wildman–Crippen LogP) is 3.50. The van der Waals surface area contributed by atoms with Crippen molar-refractivity contribution in [3.05, 3.63) is 29.8 Å². The summed E-state index contributed by atoms with van der Waals surface area (Å²) in [7, 11) is 1.34. The van der Waals surface area contributed by atoms with E-state index in [1.54, 1.807) is 24.3 Å². The first-order valence-corrected chi connectivity index (χ1v) is 7.99. The Hall–Kier alpha value is -0.620. The Balaban J connectivity index is 2.83. The zero-order valence-corrected chi connectivity index (χ0v) is 14.4.